The van der Waals surface area contributed by atoms with Crippen molar-refractivity contribution in [3.05, 3.63) is 0 Å². The summed E-state index contributed by atoms with van der Waals surface area (Å²) in [5, 5.41) is 41.5. The third-order valence-corrected chi connectivity index (χ3v) is 22.0. The van der Waals surface area contributed by atoms with Gasteiger partial charge in [-0.2, -0.15) is 0 Å². The number of aldehydes is 9. The Kier molecular flexibility index (Phi) is 57.9. The number of hydrogen-bond acceptors (Lipinski definition) is 36. The molecule has 0 aliphatic carbocycles. The number of ketones is 8. The van der Waals surface area contributed by atoms with Gasteiger partial charge in [0.05, 0.1) is 111 Å². The van der Waals surface area contributed by atoms with Crippen LogP contribution in [0, 0.1) is 53.3 Å². The SMILES string of the molecule is CC[C@H](C)[C@@H](C=O)N[C@H](NC(=O)[C@@H](CC(=O)[C@@H](NC(=O)[C@H](C)CC(=O)[C@H](C)NC(=O)[C@@H](CC(=O)[C@@H](NC(=O)[C@H](C)CC(=O)[C@@H](N)NCC=O)N[C@H](C=O)C(C)C)NCC=O)N[C@H](C=O)CC(C)C)N[C@@H](C)C=O)C(=O)C[C@@H](N[C@H](C=O)[C@@H](C)CC)C(=O)N[C@@H](NCC=O)C(=O)C[C@@H](C)C(=O)N[C@@H](C)C(=O)C[C@@H](N[C@H](C=O)[C@@H](C)CC)C(=O)N[C@@H](C)C(=O)C[C@@H](C)C(=O)OC. The molecule has 726 valence electrons. The van der Waals surface area contributed by atoms with Gasteiger partial charge in [-0.05, 0) is 63.7 Å². The van der Waals surface area contributed by atoms with E-state index < -0.39 is 302 Å². The maximum absolute atomic E-state index is 15.1. The zero-order valence-corrected chi connectivity index (χ0v) is 77.6. The highest BCUT2D eigenvalue weighted by Gasteiger charge is 2.41. The van der Waals surface area contributed by atoms with Crippen molar-refractivity contribution in [3.63, 3.8) is 0 Å². The second-order valence-corrected chi connectivity index (χ2v) is 33.7. The number of methoxy groups -OCH3 is 1. The number of nitrogens with one attached hydrogen (secondary N) is 16. The van der Waals surface area contributed by atoms with Gasteiger partial charge in [0, 0.05) is 69.1 Å². The number of carbonyl (C=O) groups excluding carboxylic acids is 25. The maximum atomic E-state index is 15.1. The average molecular weight is 1830 g/mol. The van der Waals surface area contributed by atoms with Crippen LogP contribution in [0.5, 0.6) is 0 Å². The minimum atomic E-state index is -2.01. The third kappa shape index (κ3) is 43.8. The predicted octanol–water partition coefficient (Wildman–Crippen LogP) is -4.41. The Hall–Kier alpha value is -10.2. The molecule has 0 saturated carbocycles. The Balaban J connectivity index is 7.53. The number of amides is 7. The van der Waals surface area contributed by atoms with Crippen molar-refractivity contribution in [2.75, 3.05) is 26.7 Å². The largest absolute Gasteiger partial charge is 0.469 e. The van der Waals surface area contributed by atoms with E-state index in [-0.39, 0.29) is 37.6 Å². The molecule has 0 aromatic heterocycles. The molecule has 0 saturated heterocycles. The molecule has 0 fully saturated rings. The minimum Gasteiger partial charge on any atom is -0.469 e. The zero-order valence-electron chi connectivity index (χ0n) is 77.6. The van der Waals surface area contributed by atoms with E-state index in [1.54, 1.807) is 69.2 Å². The summed E-state index contributed by atoms with van der Waals surface area (Å²) in [7, 11) is 1.15. The molecule has 0 aliphatic heterocycles. The molecule has 0 unspecified atom stereocenters. The monoisotopic (exact) mass is 1830 g/mol. The van der Waals surface area contributed by atoms with Gasteiger partial charge in [-0.15, -0.1) is 0 Å². The summed E-state index contributed by atoms with van der Waals surface area (Å²) >= 11 is 0. The van der Waals surface area contributed by atoms with Crippen LogP contribution in [-0.4, -0.2) is 286 Å². The van der Waals surface area contributed by atoms with Crippen molar-refractivity contribution in [1.29, 1.82) is 0 Å². The third-order valence-electron chi connectivity index (χ3n) is 22.0. The molecule has 0 aliphatic rings. The summed E-state index contributed by atoms with van der Waals surface area (Å²) in [5.74, 6) is -21.4. The van der Waals surface area contributed by atoms with Crippen molar-refractivity contribution >= 4 is 150 Å². The summed E-state index contributed by atoms with van der Waals surface area (Å²) in [6, 6.07) is -17.7. The average Bonchev–Trinajstić information content (AvgIpc) is 0.860. The van der Waals surface area contributed by atoms with Crippen LogP contribution in [-0.2, 0) is 125 Å². The van der Waals surface area contributed by atoms with Gasteiger partial charge in [0.15, 0.2) is 46.3 Å². The van der Waals surface area contributed by atoms with Gasteiger partial charge in [0.25, 0.3) is 0 Å². The number of Topliss-reactive ketones (excluding diaryl/α,β-unsaturated/α-hetero) is 8. The molecule has 0 rings (SSSR count). The quantitative estimate of drug-likeness (QED) is 0.0155. The molecule has 7 amide bonds. The molecule has 43 heteroatoms. The minimum absolute atomic E-state index is 0.0566. The standard InChI is InChI=1S/C86H141N17O26/c1-20-46(8)63(41-110)96-60(83(125)94-55(17)67(114)33-52(14)86(128)129-19)35-68(115)56(18)92-79(121)51(13)32-70(117)75(90-25-28-106)100-85(127)61(97-64(42-111)47(9)21-2)37-73(120)78(99-65(43-112)48(10)22-3)103-84(126)59(91-53(15)38-107)36-72(119)76(95-57(39-108)29-44(4)5)101-80(122)49(11)30-66(113)54(16)93-82(124)58(88-23-26-104)34-71(118)77(98-62(40-109)45(6)7)102-81(123)50(12)31-69(116)74(87)89-24-27-105/h26-28,38-65,74-78,88-91,95-99H,20-25,29-37,87H2,1-19H3,(H,92,121)(H,93,124)(H,94,125)(H,100,127)(H,101,122)(H,102,123)(H,103,126)/t46-,47-,48-,49+,50+,51+,52+,53-,54-,55-,56-,57-,58+,59+,60+,61+,62+,63+,64+,65+,74-,75+,76+,77+,78+/m0/s1. The maximum Gasteiger partial charge on any atom is 0.308 e. The van der Waals surface area contributed by atoms with Crippen molar-refractivity contribution < 1.29 is 125 Å². The number of hydrogen-bond donors (Lipinski definition) is 17. The molecule has 0 aromatic rings. The van der Waals surface area contributed by atoms with Crippen LogP contribution in [0.15, 0.2) is 0 Å². The van der Waals surface area contributed by atoms with Gasteiger partial charge in [-0.3, -0.25) is 125 Å². The molecule has 0 radical (unpaired) electrons. The fraction of sp³-hybridized carbons (Fsp3) is 0.709. The fourth-order valence-corrected chi connectivity index (χ4v) is 12.7. The Morgan fingerprint density at radius 2 is 0.612 bits per heavy atom. The highest BCUT2D eigenvalue weighted by atomic mass is 16.5. The fourth-order valence-electron chi connectivity index (χ4n) is 12.7. The Morgan fingerprint density at radius 3 is 1.01 bits per heavy atom. The van der Waals surface area contributed by atoms with E-state index in [9.17, 15) is 115 Å². The second kappa shape index (κ2) is 62.9. The van der Waals surface area contributed by atoms with Crippen molar-refractivity contribution in [2.45, 2.75) is 311 Å². The van der Waals surface area contributed by atoms with E-state index in [1.165, 1.54) is 55.4 Å². The first kappa shape index (κ1) is 119. The molecular formula is C86H141N17O26. The lowest BCUT2D eigenvalue weighted by Crippen LogP contribution is -2.63. The number of ether oxygens (including phenoxy) is 1. The van der Waals surface area contributed by atoms with Crippen LogP contribution in [0.2, 0.25) is 0 Å². The van der Waals surface area contributed by atoms with Crippen LogP contribution in [0.1, 0.15) is 202 Å². The van der Waals surface area contributed by atoms with Crippen LogP contribution in [0.25, 0.3) is 0 Å². The first-order valence-electron chi connectivity index (χ1n) is 43.6. The number of rotatable bonds is 75. The van der Waals surface area contributed by atoms with Crippen molar-refractivity contribution in [1.82, 2.24) is 85.1 Å². The lowest BCUT2D eigenvalue weighted by Gasteiger charge is -2.31. The molecule has 43 nitrogen and oxygen atoms in total. The smallest absolute Gasteiger partial charge is 0.308 e. The van der Waals surface area contributed by atoms with Gasteiger partial charge >= 0.3 is 5.97 Å². The topological polar surface area (TPSA) is 654 Å². The lowest BCUT2D eigenvalue weighted by molar-refractivity contribution is -0.146. The van der Waals surface area contributed by atoms with Gasteiger partial charge in [0.1, 0.15) is 87.4 Å². The van der Waals surface area contributed by atoms with E-state index in [0.29, 0.717) is 69.4 Å². The molecule has 129 heavy (non-hydrogen) atoms. The van der Waals surface area contributed by atoms with E-state index in [4.69, 9.17) is 10.5 Å². The summed E-state index contributed by atoms with van der Waals surface area (Å²) in [6.07, 6.45) is -9.36. The highest BCUT2D eigenvalue weighted by Crippen LogP contribution is 2.18. The number of esters is 1. The molecule has 0 bridgehead atoms. The summed E-state index contributed by atoms with van der Waals surface area (Å²) in [5.41, 5.74) is 5.79. The van der Waals surface area contributed by atoms with E-state index in [2.05, 4.69) is 85.1 Å². The van der Waals surface area contributed by atoms with Crippen LogP contribution in [0.4, 0.5) is 0 Å². The molecule has 0 aromatic carbocycles. The number of nitrogens with two attached hydrogens (primary N) is 1. The summed E-state index contributed by atoms with van der Waals surface area (Å²) in [4.78, 5) is 333. The Labute approximate surface area is 753 Å². The Morgan fingerprint density at radius 1 is 0.302 bits per heavy atom. The van der Waals surface area contributed by atoms with Crippen LogP contribution >= 0.6 is 0 Å². The van der Waals surface area contributed by atoms with E-state index in [0.717, 1.165) is 7.11 Å². The van der Waals surface area contributed by atoms with E-state index >= 15 is 4.79 Å². The highest BCUT2D eigenvalue weighted by molar-refractivity contribution is 6.02. The molecule has 0 heterocycles. The first-order chi connectivity index (χ1) is 60.6. The number of carbonyl (C=O) groups is 25. The normalized spacial score (nSPS) is 17.3. The molecular weight excluding hydrogens is 1690 g/mol. The van der Waals surface area contributed by atoms with Gasteiger partial charge in [-0.1, -0.05) is 116 Å². The molecule has 0 spiro atoms. The Bertz CT molecular complexity index is 3790. The molecule has 18 N–H and O–H groups in total. The van der Waals surface area contributed by atoms with Crippen LogP contribution < -0.4 is 90.8 Å². The van der Waals surface area contributed by atoms with E-state index in [1.807, 2.05) is 0 Å². The van der Waals surface area contributed by atoms with Gasteiger partial charge in [0.2, 0.25) is 41.4 Å². The van der Waals surface area contributed by atoms with Gasteiger partial charge < -0.3 is 90.8 Å². The lowest BCUT2D eigenvalue weighted by atomic mass is 9.96. The van der Waals surface area contributed by atoms with Crippen LogP contribution in [0.3, 0.4) is 0 Å². The molecule has 25 atom stereocenters. The van der Waals surface area contributed by atoms with Crippen molar-refractivity contribution in [3.8, 4) is 0 Å². The van der Waals surface area contributed by atoms with Gasteiger partial charge in [-0.25, -0.2) is 0 Å². The summed E-state index contributed by atoms with van der Waals surface area (Å²) in [6.45, 7) is 26.0. The summed E-state index contributed by atoms with van der Waals surface area (Å²) < 4.78 is 4.70. The zero-order chi connectivity index (χ0) is 98.8. The van der Waals surface area contributed by atoms with Crippen molar-refractivity contribution in [2.24, 2.45) is 59.0 Å². The predicted molar refractivity (Wildman–Crippen MR) is 468 cm³/mol. The second-order valence-electron chi connectivity index (χ2n) is 33.7. The first-order valence-corrected chi connectivity index (χ1v) is 43.6.